The lowest BCUT2D eigenvalue weighted by molar-refractivity contribution is -0.136. The van der Waals surface area contributed by atoms with Crippen LogP contribution in [0, 0.1) is 11.7 Å². The molecule has 3 rings (SSSR count). The van der Waals surface area contributed by atoms with Crippen molar-refractivity contribution >= 4 is 17.5 Å². The Morgan fingerprint density at radius 1 is 1.12 bits per heavy atom. The van der Waals surface area contributed by atoms with Crippen LogP contribution < -0.4 is 5.32 Å². The zero-order chi connectivity index (χ0) is 17.8. The van der Waals surface area contributed by atoms with Crippen LogP contribution in [0.25, 0.3) is 0 Å². The normalized spacial score (nSPS) is 20.5. The van der Waals surface area contributed by atoms with Crippen LogP contribution in [0.1, 0.15) is 32.6 Å². The molecule has 2 amide bonds. The van der Waals surface area contributed by atoms with Crippen LogP contribution in [0.3, 0.4) is 0 Å². The number of nitrogens with zero attached hydrogens (tertiary/aromatic N) is 2. The average molecular weight is 347 g/mol. The SMILES string of the molecule is C[C@H](C(=O)Nc1ccccc1F)N1CCC(C(=O)N2CCCC2)CC1. The predicted molar refractivity (Wildman–Crippen MR) is 94.6 cm³/mol. The van der Waals surface area contributed by atoms with Crippen molar-refractivity contribution in [3.8, 4) is 0 Å². The smallest absolute Gasteiger partial charge is 0.241 e. The molecule has 1 N–H and O–H groups in total. The molecule has 0 bridgehead atoms. The number of nitrogens with one attached hydrogen (secondary N) is 1. The molecule has 1 aromatic carbocycles. The van der Waals surface area contributed by atoms with Gasteiger partial charge in [0.15, 0.2) is 0 Å². The Hall–Kier alpha value is -1.95. The van der Waals surface area contributed by atoms with Gasteiger partial charge in [-0.15, -0.1) is 0 Å². The molecule has 1 atom stereocenters. The number of piperidine rings is 1. The number of amides is 2. The Morgan fingerprint density at radius 2 is 1.76 bits per heavy atom. The molecule has 136 valence electrons. The number of hydrogen-bond donors (Lipinski definition) is 1. The van der Waals surface area contributed by atoms with Gasteiger partial charge < -0.3 is 10.2 Å². The van der Waals surface area contributed by atoms with Crippen molar-refractivity contribution < 1.29 is 14.0 Å². The van der Waals surface area contributed by atoms with E-state index in [0.29, 0.717) is 0 Å². The molecule has 25 heavy (non-hydrogen) atoms. The summed E-state index contributed by atoms with van der Waals surface area (Å²) < 4.78 is 13.7. The summed E-state index contributed by atoms with van der Waals surface area (Å²) >= 11 is 0. The van der Waals surface area contributed by atoms with Gasteiger partial charge in [-0.25, -0.2) is 4.39 Å². The van der Waals surface area contributed by atoms with Gasteiger partial charge in [0.05, 0.1) is 11.7 Å². The van der Waals surface area contributed by atoms with Gasteiger partial charge in [-0.2, -0.15) is 0 Å². The second kappa shape index (κ2) is 7.95. The average Bonchev–Trinajstić information content (AvgIpc) is 3.17. The van der Waals surface area contributed by atoms with Crippen LogP contribution in [-0.4, -0.2) is 53.8 Å². The van der Waals surface area contributed by atoms with Crippen molar-refractivity contribution in [2.75, 3.05) is 31.5 Å². The number of halogens is 1. The summed E-state index contributed by atoms with van der Waals surface area (Å²) in [4.78, 5) is 28.9. The maximum atomic E-state index is 13.7. The van der Waals surface area contributed by atoms with Crippen LogP contribution in [0.5, 0.6) is 0 Å². The van der Waals surface area contributed by atoms with Gasteiger partial charge in [-0.3, -0.25) is 14.5 Å². The van der Waals surface area contributed by atoms with E-state index in [0.717, 1.165) is 51.9 Å². The number of benzene rings is 1. The van der Waals surface area contributed by atoms with Crippen LogP contribution in [0.15, 0.2) is 24.3 Å². The lowest BCUT2D eigenvalue weighted by atomic mass is 9.94. The van der Waals surface area contributed by atoms with Crippen molar-refractivity contribution in [3.05, 3.63) is 30.1 Å². The van der Waals surface area contributed by atoms with Crippen molar-refractivity contribution in [1.82, 2.24) is 9.80 Å². The Morgan fingerprint density at radius 3 is 2.40 bits per heavy atom. The fraction of sp³-hybridized carbons (Fsp3) is 0.579. The van der Waals surface area contributed by atoms with Gasteiger partial charge in [0.1, 0.15) is 5.82 Å². The summed E-state index contributed by atoms with van der Waals surface area (Å²) in [6.45, 7) is 5.05. The molecule has 0 spiro atoms. The van der Waals surface area contributed by atoms with Gasteiger partial charge in [0.2, 0.25) is 11.8 Å². The van der Waals surface area contributed by atoms with Gasteiger partial charge in [-0.1, -0.05) is 12.1 Å². The lowest BCUT2D eigenvalue weighted by Crippen LogP contribution is -2.48. The Kier molecular flexibility index (Phi) is 5.68. The van der Waals surface area contributed by atoms with Crippen molar-refractivity contribution in [2.45, 2.75) is 38.6 Å². The third-order valence-electron chi connectivity index (χ3n) is 5.36. The van der Waals surface area contributed by atoms with E-state index in [-0.39, 0.29) is 29.5 Å². The van der Waals surface area contributed by atoms with Crippen molar-refractivity contribution in [2.24, 2.45) is 5.92 Å². The molecule has 0 radical (unpaired) electrons. The molecule has 0 aromatic heterocycles. The molecule has 2 fully saturated rings. The molecule has 2 aliphatic rings. The number of anilines is 1. The molecule has 5 nitrogen and oxygen atoms in total. The predicted octanol–water partition coefficient (Wildman–Crippen LogP) is 2.49. The highest BCUT2D eigenvalue weighted by atomic mass is 19.1. The largest absolute Gasteiger partial charge is 0.342 e. The fourth-order valence-electron chi connectivity index (χ4n) is 3.70. The zero-order valence-electron chi connectivity index (χ0n) is 14.7. The number of carbonyl (C=O) groups is 2. The van der Waals surface area contributed by atoms with E-state index >= 15 is 0 Å². The first-order chi connectivity index (χ1) is 12.1. The van der Waals surface area contributed by atoms with E-state index in [1.165, 1.54) is 6.07 Å². The molecular weight excluding hydrogens is 321 g/mol. The van der Waals surface area contributed by atoms with Gasteiger partial charge in [0, 0.05) is 19.0 Å². The Labute approximate surface area is 148 Å². The van der Waals surface area contributed by atoms with Gasteiger partial charge >= 0.3 is 0 Å². The minimum absolute atomic E-state index is 0.0798. The number of para-hydroxylation sites is 1. The monoisotopic (exact) mass is 347 g/mol. The maximum absolute atomic E-state index is 13.7. The van der Waals surface area contributed by atoms with E-state index in [1.807, 2.05) is 11.8 Å². The fourth-order valence-corrected chi connectivity index (χ4v) is 3.70. The van der Waals surface area contributed by atoms with Gasteiger partial charge in [0.25, 0.3) is 0 Å². The molecular formula is C19H26FN3O2. The molecule has 2 aliphatic heterocycles. The molecule has 1 aromatic rings. The first kappa shape index (κ1) is 17.9. The summed E-state index contributed by atoms with van der Waals surface area (Å²) in [5, 5.41) is 2.66. The maximum Gasteiger partial charge on any atom is 0.241 e. The molecule has 2 heterocycles. The topological polar surface area (TPSA) is 52.7 Å². The second-order valence-corrected chi connectivity index (χ2v) is 6.99. The van der Waals surface area contributed by atoms with Crippen LogP contribution in [-0.2, 0) is 9.59 Å². The van der Waals surface area contributed by atoms with Crippen molar-refractivity contribution in [1.29, 1.82) is 0 Å². The number of hydrogen-bond acceptors (Lipinski definition) is 3. The summed E-state index contributed by atoms with van der Waals surface area (Å²) in [7, 11) is 0. The highest BCUT2D eigenvalue weighted by molar-refractivity contribution is 5.94. The third kappa shape index (κ3) is 4.18. The molecule has 0 saturated carbocycles. The molecule has 2 saturated heterocycles. The Balaban J connectivity index is 1.50. The van der Waals surface area contributed by atoms with E-state index < -0.39 is 5.82 Å². The van der Waals surface area contributed by atoms with E-state index in [2.05, 4.69) is 10.2 Å². The lowest BCUT2D eigenvalue weighted by Gasteiger charge is -2.36. The number of likely N-dealkylation sites (tertiary alicyclic amines) is 2. The Bertz CT molecular complexity index is 623. The summed E-state index contributed by atoms with van der Waals surface area (Å²) in [6.07, 6.45) is 3.79. The molecule has 0 unspecified atom stereocenters. The number of rotatable bonds is 4. The second-order valence-electron chi connectivity index (χ2n) is 6.99. The summed E-state index contributed by atoms with van der Waals surface area (Å²) in [5.41, 5.74) is 0.207. The molecule has 0 aliphatic carbocycles. The quantitative estimate of drug-likeness (QED) is 0.910. The van der Waals surface area contributed by atoms with Crippen LogP contribution in [0.4, 0.5) is 10.1 Å². The first-order valence-corrected chi connectivity index (χ1v) is 9.14. The minimum Gasteiger partial charge on any atom is -0.342 e. The van der Waals surface area contributed by atoms with Gasteiger partial charge in [-0.05, 0) is 57.8 Å². The third-order valence-corrected chi connectivity index (χ3v) is 5.36. The zero-order valence-corrected chi connectivity index (χ0v) is 14.7. The van der Waals surface area contributed by atoms with Crippen LogP contribution >= 0.6 is 0 Å². The minimum atomic E-state index is -0.432. The van der Waals surface area contributed by atoms with E-state index in [4.69, 9.17) is 0 Å². The highest BCUT2D eigenvalue weighted by Crippen LogP contribution is 2.23. The highest BCUT2D eigenvalue weighted by Gasteiger charge is 2.32. The standard InChI is InChI=1S/C19H26FN3O2/c1-14(18(24)21-17-7-3-2-6-16(17)20)22-12-8-15(9-13-22)19(25)23-10-4-5-11-23/h2-3,6-7,14-15H,4-5,8-13H2,1H3,(H,21,24)/t14-/m1/s1. The first-order valence-electron chi connectivity index (χ1n) is 9.14. The van der Waals surface area contributed by atoms with E-state index in [1.54, 1.807) is 18.2 Å². The number of carbonyl (C=O) groups excluding carboxylic acids is 2. The summed E-state index contributed by atoms with van der Waals surface area (Å²) in [5.74, 6) is -0.288. The molecule has 6 heteroatoms. The van der Waals surface area contributed by atoms with Crippen LogP contribution in [0.2, 0.25) is 0 Å². The summed E-state index contributed by atoms with van der Waals surface area (Å²) in [6, 6.07) is 5.83. The van der Waals surface area contributed by atoms with E-state index in [9.17, 15) is 14.0 Å². The van der Waals surface area contributed by atoms with Crippen molar-refractivity contribution in [3.63, 3.8) is 0 Å².